The average Bonchev–Trinajstić information content (AvgIpc) is 2.30. The average molecular weight is 244 g/mol. The first-order valence-electron chi connectivity index (χ1n) is 4.80. The largest absolute Gasteiger partial charge is 0.383 e. The Labute approximate surface area is 98.7 Å². The second-order valence-corrected chi connectivity index (χ2v) is 3.44. The highest BCUT2D eigenvalue weighted by atomic mass is 35.5. The van der Waals surface area contributed by atoms with E-state index in [-0.39, 0.29) is 10.6 Å². The third-order valence-corrected chi connectivity index (χ3v) is 2.29. The molecule has 0 amide bonds. The Hall–Kier alpha value is -1.33. The molecule has 1 rings (SSSR count). The molecule has 5 nitrogen and oxygen atoms in total. The molecule has 0 spiro atoms. The number of hydrogen-bond acceptors (Lipinski definition) is 4. The van der Waals surface area contributed by atoms with Crippen molar-refractivity contribution in [1.82, 2.24) is 9.78 Å². The van der Waals surface area contributed by atoms with Gasteiger partial charge in [-0.3, -0.25) is 4.79 Å². The van der Waals surface area contributed by atoms with Crippen LogP contribution in [0.15, 0.2) is 23.6 Å². The van der Waals surface area contributed by atoms with Gasteiger partial charge in [0, 0.05) is 13.7 Å². The van der Waals surface area contributed by atoms with E-state index in [1.807, 2.05) is 0 Å². The molecule has 0 aliphatic rings. The fourth-order valence-corrected chi connectivity index (χ4v) is 1.32. The fraction of sp³-hybridized carbons (Fsp3) is 0.400. The van der Waals surface area contributed by atoms with Crippen molar-refractivity contribution in [3.05, 3.63) is 34.2 Å². The zero-order valence-electron chi connectivity index (χ0n) is 9.07. The van der Waals surface area contributed by atoms with Crippen LogP contribution < -0.4 is 10.9 Å². The number of ether oxygens (including phenoxy) is 1. The van der Waals surface area contributed by atoms with Gasteiger partial charge in [-0.1, -0.05) is 17.7 Å². The van der Waals surface area contributed by atoms with Crippen molar-refractivity contribution in [3.8, 4) is 0 Å². The molecule has 0 aliphatic carbocycles. The Morgan fingerprint density at radius 3 is 3.12 bits per heavy atom. The predicted molar refractivity (Wildman–Crippen MR) is 64.1 cm³/mol. The van der Waals surface area contributed by atoms with Crippen LogP contribution in [0.1, 0.15) is 0 Å². The molecule has 0 aliphatic heterocycles. The Balaban J connectivity index is 2.89. The van der Waals surface area contributed by atoms with E-state index in [4.69, 9.17) is 16.3 Å². The first-order chi connectivity index (χ1) is 7.70. The van der Waals surface area contributed by atoms with Crippen molar-refractivity contribution in [2.45, 2.75) is 6.54 Å². The van der Waals surface area contributed by atoms with Gasteiger partial charge in [-0.2, -0.15) is 5.10 Å². The quantitative estimate of drug-likeness (QED) is 0.762. The standard InChI is InChI=1S/C10H14ClN3O2/c1-3-4-12-8-7-13-14(5-6-16-2)10(15)9(8)11/h3,7,12H,1,4-6H2,2H3. The van der Waals surface area contributed by atoms with Crippen LogP contribution in [-0.4, -0.2) is 30.0 Å². The molecule has 6 heteroatoms. The topological polar surface area (TPSA) is 56.1 Å². The summed E-state index contributed by atoms with van der Waals surface area (Å²) in [6, 6.07) is 0. The lowest BCUT2D eigenvalue weighted by molar-refractivity contribution is 0.182. The zero-order chi connectivity index (χ0) is 12.0. The molecule has 0 unspecified atom stereocenters. The molecule has 1 aromatic rings. The number of rotatable bonds is 6. The molecule has 0 atom stereocenters. The lowest BCUT2D eigenvalue weighted by Gasteiger charge is -2.08. The van der Waals surface area contributed by atoms with Crippen molar-refractivity contribution in [1.29, 1.82) is 0 Å². The maximum Gasteiger partial charge on any atom is 0.287 e. The van der Waals surface area contributed by atoms with Crippen LogP contribution in [0.4, 0.5) is 5.69 Å². The minimum absolute atomic E-state index is 0.132. The highest BCUT2D eigenvalue weighted by Crippen LogP contribution is 2.14. The molecule has 0 saturated heterocycles. The van der Waals surface area contributed by atoms with Gasteiger partial charge in [-0.05, 0) is 0 Å². The Bertz CT molecular complexity index is 417. The molecule has 0 aromatic carbocycles. The van der Waals surface area contributed by atoms with Gasteiger partial charge in [-0.15, -0.1) is 6.58 Å². The Kier molecular flexibility index (Phi) is 5.01. The molecule has 1 aromatic heterocycles. The van der Waals surface area contributed by atoms with Crippen LogP contribution in [0, 0.1) is 0 Å². The summed E-state index contributed by atoms with van der Waals surface area (Å²) < 4.78 is 6.13. The third-order valence-electron chi connectivity index (χ3n) is 1.93. The summed E-state index contributed by atoms with van der Waals surface area (Å²) in [5.41, 5.74) is 0.188. The van der Waals surface area contributed by atoms with E-state index in [1.54, 1.807) is 13.2 Å². The third kappa shape index (κ3) is 3.08. The van der Waals surface area contributed by atoms with Crippen molar-refractivity contribution in [2.24, 2.45) is 0 Å². The molecule has 0 radical (unpaired) electrons. The maximum atomic E-state index is 11.7. The van der Waals surface area contributed by atoms with Crippen LogP contribution in [0.5, 0.6) is 0 Å². The van der Waals surface area contributed by atoms with Gasteiger partial charge in [-0.25, -0.2) is 4.68 Å². The summed E-state index contributed by atoms with van der Waals surface area (Å²) >= 11 is 5.90. The molecular formula is C10H14ClN3O2. The summed E-state index contributed by atoms with van der Waals surface area (Å²) in [5.74, 6) is 0. The van der Waals surface area contributed by atoms with Gasteiger partial charge in [0.2, 0.25) is 0 Å². The summed E-state index contributed by atoms with van der Waals surface area (Å²) in [6.45, 7) is 4.90. The summed E-state index contributed by atoms with van der Waals surface area (Å²) in [7, 11) is 1.56. The molecule has 0 bridgehead atoms. The van der Waals surface area contributed by atoms with Crippen LogP contribution in [-0.2, 0) is 11.3 Å². The van der Waals surface area contributed by atoms with Crippen LogP contribution in [0.2, 0.25) is 5.02 Å². The minimum atomic E-state index is -0.326. The summed E-state index contributed by atoms with van der Waals surface area (Å²) in [5, 5.41) is 7.03. The van der Waals surface area contributed by atoms with Crippen molar-refractivity contribution in [3.63, 3.8) is 0 Å². The highest BCUT2D eigenvalue weighted by Gasteiger charge is 2.07. The number of hydrogen-bond donors (Lipinski definition) is 1. The Morgan fingerprint density at radius 1 is 1.75 bits per heavy atom. The molecule has 0 saturated carbocycles. The second-order valence-electron chi connectivity index (χ2n) is 3.06. The normalized spacial score (nSPS) is 10.1. The van der Waals surface area contributed by atoms with Crippen molar-refractivity contribution >= 4 is 17.3 Å². The van der Waals surface area contributed by atoms with Crippen molar-refractivity contribution < 1.29 is 4.74 Å². The van der Waals surface area contributed by atoms with E-state index in [2.05, 4.69) is 17.0 Å². The van der Waals surface area contributed by atoms with E-state index >= 15 is 0 Å². The van der Waals surface area contributed by atoms with E-state index < -0.39 is 0 Å². The zero-order valence-corrected chi connectivity index (χ0v) is 9.83. The van der Waals surface area contributed by atoms with Crippen LogP contribution in [0.3, 0.4) is 0 Å². The van der Waals surface area contributed by atoms with Crippen LogP contribution in [0.25, 0.3) is 0 Å². The Morgan fingerprint density at radius 2 is 2.50 bits per heavy atom. The van der Waals surface area contributed by atoms with Gasteiger partial charge in [0.1, 0.15) is 5.02 Å². The van der Waals surface area contributed by atoms with Gasteiger partial charge < -0.3 is 10.1 Å². The number of nitrogens with one attached hydrogen (secondary N) is 1. The first kappa shape index (κ1) is 12.7. The fourth-order valence-electron chi connectivity index (χ4n) is 1.11. The number of methoxy groups -OCH3 is 1. The summed E-state index contributed by atoms with van der Waals surface area (Å²) in [4.78, 5) is 11.7. The van der Waals surface area contributed by atoms with E-state index in [0.29, 0.717) is 25.4 Å². The van der Waals surface area contributed by atoms with Crippen LogP contribution >= 0.6 is 11.6 Å². The van der Waals surface area contributed by atoms with Crippen molar-refractivity contribution in [2.75, 3.05) is 25.6 Å². The number of aromatic nitrogens is 2. The predicted octanol–water partition coefficient (Wildman–Crippen LogP) is 1.14. The monoisotopic (exact) mass is 243 g/mol. The van der Waals surface area contributed by atoms with E-state index in [9.17, 15) is 4.79 Å². The molecular weight excluding hydrogens is 230 g/mol. The number of halogens is 1. The van der Waals surface area contributed by atoms with Gasteiger partial charge in [0.05, 0.1) is 25.0 Å². The van der Waals surface area contributed by atoms with Gasteiger partial charge >= 0.3 is 0 Å². The summed E-state index contributed by atoms with van der Waals surface area (Å²) in [6.07, 6.45) is 3.19. The minimum Gasteiger partial charge on any atom is -0.383 e. The molecule has 0 fully saturated rings. The second kappa shape index (κ2) is 6.30. The maximum absolute atomic E-state index is 11.7. The SMILES string of the molecule is C=CCNc1cnn(CCOC)c(=O)c1Cl. The number of anilines is 1. The first-order valence-corrected chi connectivity index (χ1v) is 5.17. The van der Waals surface area contributed by atoms with Gasteiger partial charge in [0.15, 0.2) is 0 Å². The molecule has 88 valence electrons. The van der Waals surface area contributed by atoms with Gasteiger partial charge in [0.25, 0.3) is 5.56 Å². The lowest BCUT2D eigenvalue weighted by Crippen LogP contribution is -2.26. The molecule has 16 heavy (non-hydrogen) atoms. The molecule has 1 N–H and O–H groups in total. The number of nitrogens with zero attached hydrogens (tertiary/aromatic N) is 2. The smallest absolute Gasteiger partial charge is 0.287 e. The molecule has 1 heterocycles. The van der Waals surface area contributed by atoms with E-state index in [1.165, 1.54) is 10.9 Å². The lowest BCUT2D eigenvalue weighted by atomic mass is 10.4. The van der Waals surface area contributed by atoms with E-state index in [0.717, 1.165) is 0 Å². The highest BCUT2D eigenvalue weighted by molar-refractivity contribution is 6.32.